The molecule has 0 spiro atoms. The molecule has 0 aliphatic carbocycles. The molecule has 0 radical (unpaired) electrons. The first-order chi connectivity index (χ1) is 8.49. The molecule has 0 bridgehead atoms. The van der Waals surface area contributed by atoms with Crippen LogP contribution in [0.5, 0.6) is 0 Å². The van der Waals surface area contributed by atoms with E-state index in [0.717, 1.165) is 0 Å². The lowest BCUT2D eigenvalue weighted by molar-refractivity contribution is 0.601. The Morgan fingerprint density at radius 3 is 2.72 bits per heavy atom. The zero-order chi connectivity index (χ0) is 13.2. The van der Waals surface area contributed by atoms with Gasteiger partial charge in [0.1, 0.15) is 4.90 Å². The van der Waals surface area contributed by atoms with E-state index in [-0.39, 0.29) is 4.90 Å². The number of aromatic nitrogens is 1. The van der Waals surface area contributed by atoms with Crippen LogP contribution < -0.4 is 4.72 Å². The Morgan fingerprint density at radius 1 is 1.28 bits per heavy atom. The summed E-state index contributed by atoms with van der Waals surface area (Å²) in [5, 5.41) is 0.446. The number of nitrogens with one attached hydrogen (secondary N) is 1. The second-order valence-corrected chi connectivity index (χ2v) is 6.39. The van der Waals surface area contributed by atoms with Gasteiger partial charge in [-0.3, -0.25) is 9.71 Å². The van der Waals surface area contributed by atoms with Gasteiger partial charge >= 0.3 is 0 Å². The maximum atomic E-state index is 12.1. The van der Waals surface area contributed by atoms with Crippen LogP contribution in [0.25, 0.3) is 0 Å². The van der Waals surface area contributed by atoms with E-state index in [9.17, 15) is 8.42 Å². The van der Waals surface area contributed by atoms with Gasteiger partial charge in [-0.05, 0) is 46.3 Å². The van der Waals surface area contributed by atoms with Crippen LogP contribution in [0.2, 0.25) is 5.02 Å². The van der Waals surface area contributed by atoms with Gasteiger partial charge in [-0.15, -0.1) is 0 Å². The molecule has 0 aliphatic heterocycles. The minimum Gasteiger partial charge on any atom is -0.278 e. The molecule has 4 nitrogen and oxygen atoms in total. The largest absolute Gasteiger partial charge is 0.278 e. The number of benzene rings is 1. The van der Waals surface area contributed by atoms with E-state index < -0.39 is 10.0 Å². The van der Waals surface area contributed by atoms with Gasteiger partial charge in [0.25, 0.3) is 10.0 Å². The summed E-state index contributed by atoms with van der Waals surface area (Å²) in [7, 11) is -3.65. The van der Waals surface area contributed by atoms with Crippen molar-refractivity contribution in [2.24, 2.45) is 0 Å². The monoisotopic (exact) mass is 346 g/mol. The van der Waals surface area contributed by atoms with E-state index in [2.05, 4.69) is 25.6 Å². The van der Waals surface area contributed by atoms with Gasteiger partial charge in [-0.1, -0.05) is 11.6 Å². The smallest absolute Gasteiger partial charge is 0.263 e. The van der Waals surface area contributed by atoms with Gasteiger partial charge in [-0.2, -0.15) is 0 Å². The number of hydrogen-bond donors (Lipinski definition) is 1. The number of sulfonamides is 1. The molecular formula is C11H8BrClN2O2S. The van der Waals surface area contributed by atoms with E-state index in [1.54, 1.807) is 18.2 Å². The zero-order valence-corrected chi connectivity index (χ0v) is 12.1. The van der Waals surface area contributed by atoms with E-state index in [0.29, 0.717) is 15.2 Å². The van der Waals surface area contributed by atoms with Crippen molar-refractivity contribution < 1.29 is 8.42 Å². The number of anilines is 1. The molecule has 0 saturated heterocycles. The lowest BCUT2D eigenvalue weighted by Gasteiger charge is -2.09. The molecular weight excluding hydrogens is 340 g/mol. The molecule has 1 aromatic carbocycles. The van der Waals surface area contributed by atoms with Crippen LogP contribution in [0, 0.1) is 0 Å². The van der Waals surface area contributed by atoms with Gasteiger partial charge in [-0.25, -0.2) is 8.42 Å². The molecule has 18 heavy (non-hydrogen) atoms. The Labute approximate surface area is 118 Å². The van der Waals surface area contributed by atoms with Crippen molar-refractivity contribution in [1.29, 1.82) is 0 Å². The molecule has 0 unspecified atom stereocenters. The molecule has 0 saturated carbocycles. The normalized spacial score (nSPS) is 11.2. The zero-order valence-electron chi connectivity index (χ0n) is 8.97. The standard InChI is InChI=1S/C11H8BrClN2O2S/c12-10-4-3-8(13)6-11(10)15-18(16,17)9-2-1-5-14-7-9/h1-7,15H. The predicted octanol–water partition coefficient (Wildman–Crippen LogP) is 3.30. The first kappa shape index (κ1) is 13.3. The maximum Gasteiger partial charge on any atom is 0.263 e. The van der Waals surface area contributed by atoms with Crippen LogP contribution in [-0.4, -0.2) is 13.4 Å². The quantitative estimate of drug-likeness (QED) is 0.927. The molecule has 7 heteroatoms. The van der Waals surface area contributed by atoms with Gasteiger partial charge in [0, 0.05) is 21.9 Å². The third-order valence-electron chi connectivity index (χ3n) is 2.12. The maximum absolute atomic E-state index is 12.1. The van der Waals surface area contributed by atoms with E-state index in [1.807, 2.05) is 0 Å². The van der Waals surface area contributed by atoms with Crippen LogP contribution in [0.1, 0.15) is 0 Å². The lowest BCUT2D eigenvalue weighted by atomic mass is 10.3. The van der Waals surface area contributed by atoms with E-state index in [4.69, 9.17) is 11.6 Å². The topological polar surface area (TPSA) is 59.1 Å². The Morgan fingerprint density at radius 2 is 2.06 bits per heavy atom. The highest BCUT2D eigenvalue weighted by atomic mass is 79.9. The highest BCUT2D eigenvalue weighted by molar-refractivity contribution is 9.10. The van der Waals surface area contributed by atoms with E-state index in [1.165, 1.54) is 24.5 Å². The third-order valence-corrected chi connectivity index (χ3v) is 4.39. The fourth-order valence-electron chi connectivity index (χ4n) is 1.29. The van der Waals surface area contributed by atoms with Crippen LogP contribution >= 0.6 is 27.5 Å². The number of hydrogen-bond acceptors (Lipinski definition) is 3. The van der Waals surface area contributed by atoms with E-state index >= 15 is 0 Å². The summed E-state index contributed by atoms with van der Waals surface area (Å²) in [5.74, 6) is 0. The highest BCUT2D eigenvalue weighted by Gasteiger charge is 2.15. The highest BCUT2D eigenvalue weighted by Crippen LogP contribution is 2.27. The molecule has 0 atom stereocenters. The summed E-state index contributed by atoms with van der Waals surface area (Å²) in [6.07, 6.45) is 2.79. The van der Waals surface area contributed by atoms with Crippen LogP contribution in [0.15, 0.2) is 52.1 Å². The number of nitrogens with zero attached hydrogens (tertiary/aromatic N) is 1. The molecule has 1 heterocycles. The van der Waals surface area contributed by atoms with Crippen molar-refractivity contribution in [1.82, 2.24) is 4.98 Å². The van der Waals surface area contributed by atoms with Crippen molar-refractivity contribution in [2.45, 2.75) is 4.90 Å². The van der Waals surface area contributed by atoms with Crippen LogP contribution in [0.3, 0.4) is 0 Å². The van der Waals surface area contributed by atoms with Crippen molar-refractivity contribution in [3.63, 3.8) is 0 Å². The third kappa shape index (κ3) is 3.01. The molecule has 2 aromatic rings. The van der Waals surface area contributed by atoms with Crippen molar-refractivity contribution >= 4 is 43.2 Å². The number of rotatable bonds is 3. The lowest BCUT2D eigenvalue weighted by Crippen LogP contribution is -2.13. The first-order valence-electron chi connectivity index (χ1n) is 4.87. The Hall–Kier alpha value is -1.11. The van der Waals surface area contributed by atoms with Gasteiger partial charge in [0.15, 0.2) is 0 Å². The fourth-order valence-corrected chi connectivity index (χ4v) is 2.97. The summed E-state index contributed by atoms with van der Waals surface area (Å²) in [6.45, 7) is 0. The summed E-state index contributed by atoms with van der Waals surface area (Å²) in [4.78, 5) is 3.87. The average Bonchev–Trinajstić information content (AvgIpc) is 2.35. The average molecular weight is 348 g/mol. The van der Waals surface area contributed by atoms with Crippen molar-refractivity contribution in [2.75, 3.05) is 4.72 Å². The second kappa shape index (κ2) is 5.26. The Balaban J connectivity index is 2.37. The molecule has 2 rings (SSSR count). The van der Waals surface area contributed by atoms with Crippen molar-refractivity contribution in [3.05, 3.63) is 52.2 Å². The minimum atomic E-state index is -3.65. The predicted molar refractivity (Wildman–Crippen MR) is 74.2 cm³/mol. The molecule has 0 fully saturated rings. The first-order valence-corrected chi connectivity index (χ1v) is 7.52. The summed E-state index contributed by atoms with van der Waals surface area (Å²) in [5.41, 5.74) is 0.381. The van der Waals surface area contributed by atoms with Crippen molar-refractivity contribution in [3.8, 4) is 0 Å². The Kier molecular flexibility index (Phi) is 3.89. The molecule has 94 valence electrons. The minimum absolute atomic E-state index is 0.0943. The summed E-state index contributed by atoms with van der Waals surface area (Å²) < 4.78 is 27.2. The van der Waals surface area contributed by atoms with Gasteiger partial charge in [0.2, 0.25) is 0 Å². The fraction of sp³-hybridized carbons (Fsp3) is 0. The van der Waals surface area contributed by atoms with Gasteiger partial charge in [0.05, 0.1) is 5.69 Å². The SMILES string of the molecule is O=S(=O)(Nc1cc(Cl)ccc1Br)c1cccnc1. The van der Waals surface area contributed by atoms with Gasteiger partial charge < -0.3 is 0 Å². The van der Waals surface area contributed by atoms with Crippen LogP contribution in [0.4, 0.5) is 5.69 Å². The molecule has 1 N–H and O–H groups in total. The summed E-state index contributed by atoms with van der Waals surface area (Å²) >= 11 is 9.08. The molecule has 0 aliphatic rings. The molecule has 1 aromatic heterocycles. The second-order valence-electron chi connectivity index (χ2n) is 3.42. The molecule has 0 amide bonds. The van der Waals surface area contributed by atoms with Crippen LogP contribution in [-0.2, 0) is 10.0 Å². The number of pyridine rings is 1. The number of halogens is 2. The summed E-state index contributed by atoms with van der Waals surface area (Å²) in [6, 6.07) is 7.88. The Bertz CT molecular complexity index is 662.